The number of nitrogens with one attached hydrogen (secondary N) is 2. The van der Waals surface area contributed by atoms with Gasteiger partial charge in [0.1, 0.15) is 5.70 Å². The van der Waals surface area contributed by atoms with E-state index in [9.17, 15) is 14.4 Å². The molecule has 1 unspecified atom stereocenters. The second-order valence-electron chi connectivity index (χ2n) is 7.41. The molecule has 0 aromatic carbocycles. The quantitative estimate of drug-likeness (QED) is 0.250. The van der Waals surface area contributed by atoms with E-state index in [4.69, 9.17) is 10.8 Å². The maximum Gasteiger partial charge on any atom is 0.352 e. The Bertz CT molecular complexity index is 520. The molecule has 0 rings (SSSR count). The fraction of sp³-hybridized carbons (Fsp3) is 0.762. The standard InChI is InChI=1S/C21H39N3O4/c1-5-8-10-12-16(14-19(25)24-18(7-3)21(27)28)23-20(26)15(4)17(22)13-11-9-6-2/h7,15-17H,5-6,8-14,22H2,1-4H3,(H,23,26)(H,24,25)(H,27,28)/t15-,16?,17+/m1/s1. The van der Waals surface area contributed by atoms with Gasteiger partial charge in [0.15, 0.2) is 0 Å². The molecular formula is C21H39N3O4. The fourth-order valence-electron chi connectivity index (χ4n) is 2.95. The van der Waals surface area contributed by atoms with Crippen LogP contribution in [0.4, 0.5) is 0 Å². The Morgan fingerprint density at radius 1 is 1.04 bits per heavy atom. The number of unbranched alkanes of at least 4 members (excludes halogenated alkanes) is 4. The third-order valence-electron chi connectivity index (χ3n) is 4.92. The Labute approximate surface area is 169 Å². The summed E-state index contributed by atoms with van der Waals surface area (Å²) in [6.07, 6.45) is 8.98. The molecule has 0 fully saturated rings. The van der Waals surface area contributed by atoms with E-state index in [1.54, 1.807) is 6.92 Å². The molecule has 7 nitrogen and oxygen atoms in total. The molecule has 0 bridgehead atoms. The van der Waals surface area contributed by atoms with E-state index >= 15 is 0 Å². The lowest BCUT2D eigenvalue weighted by Gasteiger charge is -2.24. The third-order valence-corrected chi connectivity index (χ3v) is 4.92. The van der Waals surface area contributed by atoms with E-state index in [1.165, 1.54) is 6.08 Å². The van der Waals surface area contributed by atoms with Crippen LogP contribution in [0.15, 0.2) is 11.8 Å². The first-order valence-electron chi connectivity index (χ1n) is 10.5. The molecule has 0 aromatic rings. The molecule has 7 heteroatoms. The van der Waals surface area contributed by atoms with Gasteiger partial charge in [-0.1, -0.05) is 65.4 Å². The molecule has 3 atom stereocenters. The molecule has 0 heterocycles. The fourth-order valence-corrected chi connectivity index (χ4v) is 2.95. The van der Waals surface area contributed by atoms with Crippen molar-refractivity contribution in [2.75, 3.05) is 0 Å². The summed E-state index contributed by atoms with van der Waals surface area (Å²) < 4.78 is 0. The topological polar surface area (TPSA) is 122 Å². The highest BCUT2D eigenvalue weighted by Gasteiger charge is 2.24. The van der Waals surface area contributed by atoms with E-state index in [0.717, 1.165) is 44.9 Å². The zero-order chi connectivity index (χ0) is 21.5. The molecule has 0 spiro atoms. The van der Waals surface area contributed by atoms with Gasteiger partial charge >= 0.3 is 5.97 Å². The summed E-state index contributed by atoms with van der Waals surface area (Å²) in [5, 5.41) is 14.4. The first kappa shape index (κ1) is 26.1. The molecule has 2 amide bonds. The van der Waals surface area contributed by atoms with Crippen molar-refractivity contribution in [2.45, 2.75) is 97.6 Å². The number of amides is 2. The maximum atomic E-state index is 12.6. The minimum Gasteiger partial charge on any atom is -0.477 e. The number of hydrogen-bond donors (Lipinski definition) is 4. The summed E-state index contributed by atoms with van der Waals surface area (Å²) in [6.45, 7) is 7.57. The smallest absolute Gasteiger partial charge is 0.352 e. The Morgan fingerprint density at radius 3 is 2.11 bits per heavy atom. The number of allylic oxidation sites excluding steroid dienone is 1. The highest BCUT2D eigenvalue weighted by atomic mass is 16.4. The first-order valence-corrected chi connectivity index (χ1v) is 10.5. The van der Waals surface area contributed by atoms with Crippen molar-refractivity contribution < 1.29 is 19.5 Å². The number of nitrogens with two attached hydrogens (primary N) is 1. The predicted octanol–water partition coefficient (Wildman–Crippen LogP) is 3.09. The van der Waals surface area contributed by atoms with E-state index in [1.807, 2.05) is 6.92 Å². The van der Waals surface area contributed by atoms with Gasteiger partial charge in [0.2, 0.25) is 11.8 Å². The van der Waals surface area contributed by atoms with Gasteiger partial charge in [-0.2, -0.15) is 0 Å². The molecule has 0 aliphatic rings. The van der Waals surface area contributed by atoms with Crippen LogP contribution >= 0.6 is 0 Å². The molecule has 0 saturated heterocycles. The van der Waals surface area contributed by atoms with Gasteiger partial charge in [-0.3, -0.25) is 9.59 Å². The Balaban J connectivity index is 4.83. The average Bonchev–Trinajstić information content (AvgIpc) is 2.65. The Kier molecular flexibility index (Phi) is 14.1. The van der Waals surface area contributed by atoms with Crippen LogP contribution in [0.2, 0.25) is 0 Å². The van der Waals surface area contributed by atoms with Crippen LogP contribution in [0, 0.1) is 5.92 Å². The molecule has 162 valence electrons. The summed E-state index contributed by atoms with van der Waals surface area (Å²) in [7, 11) is 0. The van der Waals surface area contributed by atoms with Crippen LogP contribution < -0.4 is 16.4 Å². The first-order chi connectivity index (χ1) is 13.3. The number of aliphatic carboxylic acids is 1. The van der Waals surface area contributed by atoms with Gasteiger partial charge in [-0.25, -0.2) is 4.79 Å². The van der Waals surface area contributed by atoms with E-state index in [0.29, 0.717) is 6.42 Å². The zero-order valence-electron chi connectivity index (χ0n) is 17.9. The average molecular weight is 398 g/mol. The number of carbonyl (C=O) groups is 3. The second-order valence-corrected chi connectivity index (χ2v) is 7.41. The van der Waals surface area contributed by atoms with Crippen LogP contribution in [0.1, 0.15) is 85.5 Å². The number of hydrogen-bond acceptors (Lipinski definition) is 4. The van der Waals surface area contributed by atoms with Gasteiger partial charge in [-0.05, 0) is 19.8 Å². The van der Waals surface area contributed by atoms with E-state index in [-0.39, 0.29) is 36.0 Å². The van der Waals surface area contributed by atoms with Crippen LogP contribution in [-0.2, 0) is 14.4 Å². The summed E-state index contributed by atoms with van der Waals surface area (Å²) in [5.41, 5.74) is 6.00. The van der Waals surface area contributed by atoms with Crippen LogP contribution in [-0.4, -0.2) is 35.0 Å². The molecule has 0 aliphatic heterocycles. The Hall–Kier alpha value is -1.89. The molecule has 0 aliphatic carbocycles. The third kappa shape index (κ3) is 11.1. The summed E-state index contributed by atoms with van der Waals surface area (Å²) in [6, 6.07) is -0.547. The van der Waals surface area contributed by atoms with Crippen molar-refractivity contribution in [1.82, 2.24) is 10.6 Å². The van der Waals surface area contributed by atoms with Gasteiger partial charge < -0.3 is 21.5 Å². The van der Waals surface area contributed by atoms with Crippen LogP contribution in [0.5, 0.6) is 0 Å². The molecule has 5 N–H and O–H groups in total. The van der Waals surface area contributed by atoms with Crippen LogP contribution in [0.3, 0.4) is 0 Å². The zero-order valence-corrected chi connectivity index (χ0v) is 17.9. The monoisotopic (exact) mass is 397 g/mol. The largest absolute Gasteiger partial charge is 0.477 e. The van der Waals surface area contributed by atoms with Crippen molar-refractivity contribution in [1.29, 1.82) is 0 Å². The second kappa shape index (κ2) is 15.1. The van der Waals surface area contributed by atoms with Crippen molar-refractivity contribution in [3.8, 4) is 0 Å². The molecule has 28 heavy (non-hydrogen) atoms. The minimum atomic E-state index is -1.19. The number of carboxylic acids is 1. The maximum absolute atomic E-state index is 12.6. The molecule has 0 aromatic heterocycles. The van der Waals surface area contributed by atoms with Crippen molar-refractivity contribution in [3.63, 3.8) is 0 Å². The highest BCUT2D eigenvalue weighted by Crippen LogP contribution is 2.13. The lowest BCUT2D eigenvalue weighted by molar-refractivity contribution is -0.135. The predicted molar refractivity (Wildman–Crippen MR) is 112 cm³/mol. The number of rotatable bonds is 15. The summed E-state index contributed by atoms with van der Waals surface area (Å²) in [5.74, 6) is -2.09. The van der Waals surface area contributed by atoms with Gasteiger partial charge in [0.25, 0.3) is 0 Å². The van der Waals surface area contributed by atoms with E-state index in [2.05, 4.69) is 24.5 Å². The molecule has 0 radical (unpaired) electrons. The lowest BCUT2D eigenvalue weighted by atomic mass is 9.95. The molecule has 0 saturated carbocycles. The van der Waals surface area contributed by atoms with Crippen molar-refractivity contribution >= 4 is 17.8 Å². The lowest BCUT2D eigenvalue weighted by Crippen LogP contribution is -2.46. The van der Waals surface area contributed by atoms with Crippen molar-refractivity contribution in [3.05, 3.63) is 11.8 Å². The summed E-state index contributed by atoms with van der Waals surface area (Å²) >= 11 is 0. The Morgan fingerprint density at radius 2 is 1.61 bits per heavy atom. The summed E-state index contributed by atoms with van der Waals surface area (Å²) in [4.78, 5) is 35.9. The molecular weight excluding hydrogens is 358 g/mol. The highest BCUT2D eigenvalue weighted by molar-refractivity contribution is 5.92. The minimum absolute atomic E-state index is 0.0396. The van der Waals surface area contributed by atoms with Gasteiger partial charge in [-0.15, -0.1) is 0 Å². The van der Waals surface area contributed by atoms with E-state index < -0.39 is 11.9 Å². The van der Waals surface area contributed by atoms with Gasteiger partial charge in [0, 0.05) is 18.5 Å². The number of carboxylic acid groups (broad SMARTS) is 1. The van der Waals surface area contributed by atoms with Crippen molar-refractivity contribution in [2.24, 2.45) is 11.7 Å². The number of carbonyl (C=O) groups excluding carboxylic acids is 2. The SMILES string of the molecule is CC=C(NC(=O)CC(CCCCC)NC(=O)[C@H](C)[C@@H](N)CCCCC)C(=O)O. The normalized spacial score (nSPS) is 14.8. The van der Waals surface area contributed by atoms with Crippen LogP contribution in [0.25, 0.3) is 0 Å². The van der Waals surface area contributed by atoms with Gasteiger partial charge in [0.05, 0.1) is 5.92 Å².